The van der Waals surface area contributed by atoms with Crippen LogP contribution in [-0.4, -0.2) is 18.8 Å². The van der Waals surface area contributed by atoms with Gasteiger partial charge in [-0.2, -0.15) is 13.2 Å². The van der Waals surface area contributed by atoms with E-state index in [1.165, 1.54) is 0 Å². The highest BCUT2D eigenvalue weighted by Gasteiger charge is 2.25. The molecule has 100 valence electrons. The van der Waals surface area contributed by atoms with E-state index in [-0.39, 0.29) is 6.42 Å². The number of hydrogen-bond acceptors (Lipinski definition) is 2. The zero-order chi connectivity index (χ0) is 13.3. The summed E-state index contributed by atoms with van der Waals surface area (Å²) in [6.45, 7) is 5.32. The first-order valence-electron chi connectivity index (χ1n) is 5.72. The molecule has 17 heavy (non-hydrogen) atoms. The fourth-order valence-electron chi connectivity index (χ4n) is 1.25. The predicted octanol–water partition coefficient (Wildman–Crippen LogP) is 4.01. The molecule has 0 radical (unpaired) electrons. The molecule has 0 unspecified atom stereocenters. The third-order valence-electron chi connectivity index (χ3n) is 2.19. The third-order valence-corrected chi connectivity index (χ3v) is 2.19. The van der Waals surface area contributed by atoms with Crippen molar-refractivity contribution in [3.05, 3.63) is 12.2 Å². The number of hydrogen-bond donors (Lipinski definition) is 0. The number of unbranched alkanes of at least 4 members (excludes halogenated alkanes) is 4. The van der Waals surface area contributed by atoms with Crippen molar-refractivity contribution in [3.63, 3.8) is 0 Å². The Morgan fingerprint density at radius 2 is 1.65 bits per heavy atom. The van der Waals surface area contributed by atoms with E-state index in [0.717, 1.165) is 12.8 Å². The standard InChI is InChI=1S/C12H19F3O2/c1-10(2)11(16)17-9-7-5-3-4-6-8-12(13,14)15/h1,3-9H2,2H3. The summed E-state index contributed by atoms with van der Waals surface area (Å²) in [5.41, 5.74) is 0.357. The minimum Gasteiger partial charge on any atom is -0.462 e. The lowest BCUT2D eigenvalue weighted by atomic mass is 10.1. The first-order chi connectivity index (χ1) is 7.83. The van der Waals surface area contributed by atoms with Crippen LogP contribution >= 0.6 is 0 Å². The smallest absolute Gasteiger partial charge is 0.389 e. The summed E-state index contributed by atoms with van der Waals surface area (Å²) >= 11 is 0. The molecule has 0 aliphatic rings. The van der Waals surface area contributed by atoms with E-state index in [4.69, 9.17) is 4.74 Å². The fraction of sp³-hybridized carbons (Fsp3) is 0.750. The van der Waals surface area contributed by atoms with Gasteiger partial charge in [0.2, 0.25) is 0 Å². The molecule has 0 spiro atoms. The van der Waals surface area contributed by atoms with E-state index < -0.39 is 18.6 Å². The van der Waals surface area contributed by atoms with Crippen LogP contribution in [0.4, 0.5) is 13.2 Å². The van der Waals surface area contributed by atoms with Crippen molar-refractivity contribution >= 4 is 5.97 Å². The Bertz CT molecular complexity index is 247. The summed E-state index contributed by atoms with van der Waals surface area (Å²) in [5.74, 6) is -0.415. The van der Waals surface area contributed by atoms with Gasteiger partial charge in [-0.3, -0.25) is 0 Å². The second kappa shape index (κ2) is 8.14. The number of ether oxygens (including phenoxy) is 1. The summed E-state index contributed by atoms with van der Waals surface area (Å²) in [6, 6.07) is 0. The summed E-state index contributed by atoms with van der Waals surface area (Å²) in [7, 11) is 0. The minimum absolute atomic E-state index is 0.176. The summed E-state index contributed by atoms with van der Waals surface area (Å²) < 4.78 is 40.2. The summed E-state index contributed by atoms with van der Waals surface area (Å²) in [6.07, 6.45) is -1.81. The van der Waals surface area contributed by atoms with E-state index in [2.05, 4.69) is 6.58 Å². The SMILES string of the molecule is C=C(C)C(=O)OCCCCCCCC(F)(F)F. The van der Waals surface area contributed by atoms with Crippen molar-refractivity contribution < 1.29 is 22.7 Å². The second-order valence-corrected chi connectivity index (χ2v) is 4.05. The third kappa shape index (κ3) is 11.3. The predicted molar refractivity (Wildman–Crippen MR) is 59.5 cm³/mol. The lowest BCUT2D eigenvalue weighted by molar-refractivity contribution is -0.139. The molecular formula is C12H19F3O2. The second-order valence-electron chi connectivity index (χ2n) is 4.05. The molecule has 0 aromatic rings. The Kier molecular flexibility index (Phi) is 7.66. The summed E-state index contributed by atoms with van der Waals surface area (Å²) in [5, 5.41) is 0. The maximum absolute atomic E-state index is 11.8. The maximum atomic E-state index is 11.8. The zero-order valence-electron chi connectivity index (χ0n) is 10.1. The van der Waals surface area contributed by atoms with E-state index in [1.807, 2.05) is 0 Å². The molecular weight excluding hydrogens is 233 g/mol. The van der Waals surface area contributed by atoms with Crippen LogP contribution in [0.1, 0.15) is 45.4 Å². The number of alkyl halides is 3. The van der Waals surface area contributed by atoms with Gasteiger partial charge in [0.15, 0.2) is 0 Å². The Balaban J connectivity index is 3.25. The van der Waals surface area contributed by atoms with Gasteiger partial charge in [-0.05, 0) is 19.8 Å². The lowest BCUT2D eigenvalue weighted by Gasteiger charge is -2.06. The van der Waals surface area contributed by atoms with Crippen molar-refractivity contribution in [2.75, 3.05) is 6.61 Å². The van der Waals surface area contributed by atoms with E-state index in [1.54, 1.807) is 6.92 Å². The van der Waals surface area contributed by atoms with E-state index in [0.29, 0.717) is 25.0 Å². The topological polar surface area (TPSA) is 26.3 Å². The number of carbonyl (C=O) groups excluding carboxylic acids is 1. The lowest BCUT2D eigenvalue weighted by Crippen LogP contribution is -2.07. The zero-order valence-corrected chi connectivity index (χ0v) is 10.1. The van der Waals surface area contributed by atoms with Crippen LogP contribution in [0, 0.1) is 0 Å². The molecule has 0 rings (SSSR count). The highest BCUT2D eigenvalue weighted by molar-refractivity contribution is 5.86. The van der Waals surface area contributed by atoms with E-state index >= 15 is 0 Å². The minimum atomic E-state index is -4.04. The quantitative estimate of drug-likeness (QED) is 0.370. The molecule has 5 heteroatoms. The van der Waals surface area contributed by atoms with Gasteiger partial charge in [-0.1, -0.05) is 25.8 Å². The monoisotopic (exact) mass is 252 g/mol. The Hall–Kier alpha value is -1.00. The molecule has 0 fully saturated rings. The van der Waals surface area contributed by atoms with Gasteiger partial charge in [-0.25, -0.2) is 4.79 Å². The van der Waals surface area contributed by atoms with Gasteiger partial charge in [0.1, 0.15) is 0 Å². The van der Waals surface area contributed by atoms with Crippen molar-refractivity contribution in [1.82, 2.24) is 0 Å². The fourth-order valence-corrected chi connectivity index (χ4v) is 1.25. The van der Waals surface area contributed by atoms with Gasteiger partial charge in [0.25, 0.3) is 0 Å². The molecule has 0 atom stereocenters. The van der Waals surface area contributed by atoms with Crippen LogP contribution in [0.2, 0.25) is 0 Å². The number of rotatable bonds is 8. The molecule has 0 aliphatic carbocycles. The molecule has 0 aliphatic heterocycles. The Labute approximate surface area is 99.8 Å². The average Bonchev–Trinajstić information content (AvgIpc) is 2.19. The first-order valence-corrected chi connectivity index (χ1v) is 5.72. The number of esters is 1. The molecule has 0 aromatic heterocycles. The van der Waals surface area contributed by atoms with Crippen molar-refractivity contribution in [2.45, 2.75) is 51.6 Å². The van der Waals surface area contributed by atoms with Crippen LogP contribution in [-0.2, 0) is 9.53 Å². The molecule has 0 aromatic carbocycles. The van der Waals surface area contributed by atoms with Crippen LogP contribution in [0.5, 0.6) is 0 Å². The molecule has 0 saturated carbocycles. The van der Waals surface area contributed by atoms with Crippen LogP contribution in [0.3, 0.4) is 0 Å². The molecule has 0 heterocycles. The van der Waals surface area contributed by atoms with Gasteiger partial charge in [-0.15, -0.1) is 0 Å². The molecule has 0 bridgehead atoms. The van der Waals surface area contributed by atoms with Gasteiger partial charge in [0, 0.05) is 12.0 Å². The number of halogens is 3. The molecule has 2 nitrogen and oxygen atoms in total. The summed E-state index contributed by atoms with van der Waals surface area (Å²) in [4.78, 5) is 10.9. The number of carbonyl (C=O) groups is 1. The van der Waals surface area contributed by atoms with Gasteiger partial charge >= 0.3 is 12.1 Å². The van der Waals surface area contributed by atoms with Crippen LogP contribution in [0.25, 0.3) is 0 Å². The highest BCUT2D eigenvalue weighted by atomic mass is 19.4. The molecule has 0 amide bonds. The molecule has 0 N–H and O–H groups in total. The van der Waals surface area contributed by atoms with Gasteiger partial charge < -0.3 is 4.74 Å². The average molecular weight is 252 g/mol. The largest absolute Gasteiger partial charge is 0.462 e. The Morgan fingerprint density at radius 1 is 1.12 bits per heavy atom. The van der Waals surface area contributed by atoms with Crippen molar-refractivity contribution in [2.24, 2.45) is 0 Å². The first kappa shape index (κ1) is 16.0. The van der Waals surface area contributed by atoms with Gasteiger partial charge in [0.05, 0.1) is 6.61 Å². The normalized spacial score (nSPS) is 11.3. The van der Waals surface area contributed by atoms with Crippen molar-refractivity contribution in [3.8, 4) is 0 Å². The van der Waals surface area contributed by atoms with Crippen molar-refractivity contribution in [1.29, 1.82) is 0 Å². The van der Waals surface area contributed by atoms with E-state index in [9.17, 15) is 18.0 Å². The van der Waals surface area contributed by atoms with Crippen LogP contribution < -0.4 is 0 Å². The Morgan fingerprint density at radius 3 is 2.18 bits per heavy atom. The highest BCUT2D eigenvalue weighted by Crippen LogP contribution is 2.22. The maximum Gasteiger partial charge on any atom is 0.389 e. The van der Waals surface area contributed by atoms with Crippen LogP contribution in [0.15, 0.2) is 12.2 Å². The molecule has 0 saturated heterocycles.